The normalized spacial score (nSPS) is 7.44. The van der Waals surface area contributed by atoms with E-state index in [4.69, 9.17) is 0 Å². The Kier molecular flexibility index (Phi) is 19.4. The lowest BCUT2D eigenvalue weighted by molar-refractivity contribution is -0.0795. The van der Waals surface area contributed by atoms with E-state index in [1.807, 2.05) is 0 Å². The topological polar surface area (TPSA) is 0 Å². The SMILES string of the molecule is C=CC(F)(F)F.F.F.F. The first-order valence-electron chi connectivity index (χ1n) is 1.26. The molecule has 0 aliphatic heterocycles. The molecule has 0 spiro atoms. The summed E-state index contributed by atoms with van der Waals surface area (Å²) in [7, 11) is 0. The molecule has 0 unspecified atom stereocenters. The van der Waals surface area contributed by atoms with Gasteiger partial charge in [-0.25, -0.2) is 0 Å². The first-order chi connectivity index (χ1) is 2.56. The zero-order valence-electron chi connectivity index (χ0n) is 4.14. The molecule has 0 rings (SSSR count). The van der Waals surface area contributed by atoms with Crippen LogP contribution in [0.1, 0.15) is 0 Å². The van der Waals surface area contributed by atoms with Gasteiger partial charge in [-0.3, -0.25) is 14.1 Å². The van der Waals surface area contributed by atoms with E-state index in [9.17, 15) is 13.2 Å². The molecule has 0 fully saturated rings. The fourth-order valence-corrected chi connectivity index (χ4v) is 0. The molecule has 0 aromatic heterocycles. The highest BCUT2D eigenvalue weighted by Crippen LogP contribution is 2.13. The molecule has 0 amide bonds. The van der Waals surface area contributed by atoms with Gasteiger partial charge in [0.15, 0.2) is 0 Å². The molecule has 0 bridgehead atoms. The van der Waals surface area contributed by atoms with Gasteiger partial charge in [0.05, 0.1) is 0 Å². The molecular formula is C3H6F6. The molecule has 0 saturated carbocycles. The minimum absolute atomic E-state index is 0. The van der Waals surface area contributed by atoms with Crippen LogP contribution in [0, 0.1) is 0 Å². The molecule has 0 atom stereocenters. The largest absolute Gasteiger partial charge is 0.409 e. The van der Waals surface area contributed by atoms with Gasteiger partial charge >= 0.3 is 6.18 Å². The first-order valence-corrected chi connectivity index (χ1v) is 1.26. The first kappa shape index (κ1) is 23.9. The highest BCUT2D eigenvalue weighted by atomic mass is 19.4. The van der Waals surface area contributed by atoms with Gasteiger partial charge in [0.25, 0.3) is 0 Å². The quantitative estimate of drug-likeness (QED) is 0.372. The van der Waals surface area contributed by atoms with Crippen LogP contribution >= 0.6 is 0 Å². The van der Waals surface area contributed by atoms with Crippen molar-refractivity contribution in [2.75, 3.05) is 0 Å². The minimum atomic E-state index is -4.19. The van der Waals surface area contributed by atoms with Gasteiger partial charge in [0.1, 0.15) is 0 Å². The number of hydrogen-bond donors (Lipinski definition) is 0. The van der Waals surface area contributed by atoms with Crippen LogP contribution in [0.25, 0.3) is 0 Å². The molecule has 0 nitrogen and oxygen atoms in total. The molecule has 0 N–H and O–H groups in total. The Balaban J connectivity index is -0.0000000417. The van der Waals surface area contributed by atoms with Crippen molar-refractivity contribution in [3.05, 3.63) is 12.7 Å². The summed E-state index contributed by atoms with van der Waals surface area (Å²) in [5.74, 6) is 0. The summed E-state index contributed by atoms with van der Waals surface area (Å²) in [6.45, 7) is 2.51. The monoisotopic (exact) mass is 156 g/mol. The average molecular weight is 156 g/mol. The highest BCUT2D eigenvalue weighted by Gasteiger charge is 2.19. The maximum absolute atomic E-state index is 10.7. The van der Waals surface area contributed by atoms with Crippen molar-refractivity contribution in [1.82, 2.24) is 0 Å². The van der Waals surface area contributed by atoms with E-state index in [-0.39, 0.29) is 20.2 Å². The van der Waals surface area contributed by atoms with Crippen LogP contribution in [0.3, 0.4) is 0 Å². The number of hydrogen-bond acceptors (Lipinski definition) is 0. The van der Waals surface area contributed by atoms with E-state index in [1.54, 1.807) is 0 Å². The van der Waals surface area contributed by atoms with Crippen molar-refractivity contribution in [3.8, 4) is 0 Å². The van der Waals surface area contributed by atoms with Crippen LogP contribution < -0.4 is 0 Å². The summed E-state index contributed by atoms with van der Waals surface area (Å²) >= 11 is 0. The van der Waals surface area contributed by atoms with E-state index >= 15 is 0 Å². The van der Waals surface area contributed by atoms with Gasteiger partial charge in [-0.2, -0.15) is 13.2 Å². The second-order valence-corrected chi connectivity index (χ2v) is 0.746. The summed E-state index contributed by atoms with van der Waals surface area (Å²) in [6.07, 6.45) is -4.26. The van der Waals surface area contributed by atoms with E-state index in [0.717, 1.165) is 0 Å². The molecule has 60 valence electrons. The summed E-state index contributed by atoms with van der Waals surface area (Å²) in [5, 5.41) is 0. The molecule has 0 aliphatic carbocycles. The van der Waals surface area contributed by atoms with E-state index in [2.05, 4.69) is 6.58 Å². The number of halogens is 6. The highest BCUT2D eigenvalue weighted by molar-refractivity contribution is 4.75. The fraction of sp³-hybridized carbons (Fsp3) is 0.333. The molecular weight excluding hydrogens is 150 g/mol. The van der Waals surface area contributed by atoms with E-state index in [1.165, 1.54) is 0 Å². The maximum atomic E-state index is 10.7. The number of rotatable bonds is 0. The van der Waals surface area contributed by atoms with Gasteiger partial charge in [0.2, 0.25) is 0 Å². The Labute approximate surface area is 47.5 Å². The van der Waals surface area contributed by atoms with Crippen molar-refractivity contribution >= 4 is 0 Å². The third kappa shape index (κ3) is 38.5. The smallest absolute Gasteiger partial charge is 0.269 e. The molecule has 0 aromatic rings. The Morgan fingerprint density at radius 1 is 1.00 bits per heavy atom. The summed E-state index contributed by atoms with van der Waals surface area (Å²) in [6, 6.07) is 0. The van der Waals surface area contributed by atoms with Gasteiger partial charge < -0.3 is 0 Å². The van der Waals surface area contributed by atoms with Crippen molar-refractivity contribution in [3.63, 3.8) is 0 Å². The lowest BCUT2D eigenvalue weighted by Gasteiger charge is -1.91. The zero-order valence-corrected chi connectivity index (χ0v) is 4.14. The number of alkyl halides is 3. The van der Waals surface area contributed by atoms with Crippen molar-refractivity contribution < 1.29 is 27.3 Å². The van der Waals surface area contributed by atoms with Crippen LogP contribution in [-0.4, -0.2) is 6.18 Å². The van der Waals surface area contributed by atoms with Crippen LogP contribution in [0.5, 0.6) is 0 Å². The molecule has 0 radical (unpaired) electrons. The Morgan fingerprint density at radius 2 is 1.11 bits per heavy atom. The summed E-state index contributed by atoms with van der Waals surface area (Å²) in [5.41, 5.74) is 0. The van der Waals surface area contributed by atoms with E-state index < -0.39 is 6.18 Å². The molecule has 0 aliphatic rings. The Hall–Kier alpha value is -0.680. The number of allylic oxidation sites excluding steroid dienone is 1. The summed E-state index contributed by atoms with van der Waals surface area (Å²) in [4.78, 5) is 0. The van der Waals surface area contributed by atoms with Gasteiger partial charge in [-0.1, -0.05) is 6.58 Å². The lowest BCUT2D eigenvalue weighted by Crippen LogP contribution is -1.98. The van der Waals surface area contributed by atoms with Gasteiger partial charge in [-0.15, -0.1) is 0 Å². The molecule has 0 saturated heterocycles. The Bertz CT molecular complexity index is 53.8. The average Bonchev–Trinajstić information content (AvgIpc) is 1.35. The molecule has 0 aromatic carbocycles. The van der Waals surface area contributed by atoms with Gasteiger partial charge in [0, 0.05) is 6.08 Å². The van der Waals surface area contributed by atoms with Crippen molar-refractivity contribution in [2.24, 2.45) is 0 Å². The standard InChI is InChI=1S/C3H3F3.3FH/c1-2-3(4,5)6;;;/h2H,1H2;3*1H. The maximum Gasteiger partial charge on any atom is 0.409 e. The fourth-order valence-electron chi connectivity index (χ4n) is 0. The van der Waals surface area contributed by atoms with E-state index in [0.29, 0.717) is 0 Å². The molecule has 6 heteroatoms. The zero-order chi connectivity index (χ0) is 5.21. The predicted octanol–water partition coefficient (Wildman–Crippen LogP) is 2.19. The third-order valence-corrected chi connectivity index (χ3v) is 0.231. The van der Waals surface area contributed by atoms with Crippen LogP contribution in [0.4, 0.5) is 27.3 Å². The Morgan fingerprint density at radius 3 is 1.11 bits per heavy atom. The van der Waals surface area contributed by atoms with Crippen molar-refractivity contribution in [2.45, 2.75) is 6.18 Å². The van der Waals surface area contributed by atoms with Crippen LogP contribution in [0.15, 0.2) is 12.7 Å². The summed E-state index contributed by atoms with van der Waals surface area (Å²) < 4.78 is 32.0. The predicted molar refractivity (Wildman–Crippen MR) is 23.8 cm³/mol. The molecule has 0 heterocycles. The van der Waals surface area contributed by atoms with Crippen molar-refractivity contribution in [1.29, 1.82) is 0 Å². The van der Waals surface area contributed by atoms with Crippen LogP contribution in [-0.2, 0) is 0 Å². The lowest BCUT2D eigenvalue weighted by atomic mass is 10.6. The molecule has 9 heavy (non-hydrogen) atoms. The second-order valence-electron chi connectivity index (χ2n) is 0.746. The van der Waals surface area contributed by atoms with Gasteiger partial charge in [-0.05, 0) is 0 Å². The third-order valence-electron chi connectivity index (χ3n) is 0.231. The van der Waals surface area contributed by atoms with Crippen LogP contribution in [0.2, 0.25) is 0 Å². The second kappa shape index (κ2) is 7.32. The minimum Gasteiger partial charge on any atom is -0.269 e.